The molecule has 0 saturated carbocycles. The smallest absolute Gasteiger partial charge is 0.191 e. The number of anilines is 1. The monoisotopic (exact) mass is 530 g/mol. The summed E-state index contributed by atoms with van der Waals surface area (Å²) < 4.78 is 1.94. The minimum atomic E-state index is 0. The number of hydrogen-bond acceptors (Lipinski definition) is 3. The van der Waals surface area contributed by atoms with Crippen LogP contribution in [0.3, 0.4) is 0 Å². The summed E-state index contributed by atoms with van der Waals surface area (Å²) in [7, 11) is 3.98. The van der Waals surface area contributed by atoms with Crippen molar-refractivity contribution in [3.63, 3.8) is 0 Å². The Morgan fingerprint density at radius 1 is 1.06 bits per heavy atom. The normalized spacial score (nSPS) is 13.4. The van der Waals surface area contributed by atoms with Gasteiger partial charge in [-0.1, -0.05) is 36.4 Å². The summed E-state index contributed by atoms with van der Waals surface area (Å²) in [4.78, 5) is 6.74. The van der Waals surface area contributed by atoms with Gasteiger partial charge in [-0.3, -0.25) is 9.67 Å². The Kier molecular flexibility index (Phi) is 8.34. The first-order valence-corrected chi connectivity index (χ1v) is 10.5. The molecule has 164 valence electrons. The van der Waals surface area contributed by atoms with E-state index >= 15 is 0 Å². The fourth-order valence-electron chi connectivity index (χ4n) is 3.99. The molecule has 2 aromatic carbocycles. The van der Waals surface area contributed by atoms with Gasteiger partial charge in [0.25, 0.3) is 0 Å². The van der Waals surface area contributed by atoms with E-state index in [1.54, 1.807) is 0 Å². The van der Waals surface area contributed by atoms with Crippen LogP contribution in [0.5, 0.6) is 0 Å². The molecule has 0 amide bonds. The summed E-state index contributed by atoms with van der Waals surface area (Å²) in [5.41, 5.74) is 6.58. The molecular formula is C24H31IN6. The maximum absolute atomic E-state index is 4.39. The summed E-state index contributed by atoms with van der Waals surface area (Å²) in [5, 5.41) is 11.2. The largest absolute Gasteiger partial charge is 0.374 e. The maximum atomic E-state index is 4.39. The van der Waals surface area contributed by atoms with E-state index in [2.05, 4.69) is 75.1 Å². The molecule has 4 rings (SSSR count). The number of halogens is 1. The third-order valence-electron chi connectivity index (χ3n) is 5.63. The van der Waals surface area contributed by atoms with E-state index in [1.165, 1.54) is 34.4 Å². The van der Waals surface area contributed by atoms with Crippen LogP contribution < -0.4 is 15.5 Å². The maximum Gasteiger partial charge on any atom is 0.191 e. The number of rotatable bonds is 6. The molecule has 0 saturated heterocycles. The van der Waals surface area contributed by atoms with Crippen LogP contribution in [0.15, 0.2) is 65.9 Å². The number of nitrogens with zero attached hydrogens (tertiary/aromatic N) is 4. The summed E-state index contributed by atoms with van der Waals surface area (Å²) >= 11 is 0. The third kappa shape index (κ3) is 6.00. The first kappa shape index (κ1) is 23.1. The second kappa shape index (κ2) is 11.2. The van der Waals surface area contributed by atoms with Gasteiger partial charge in [-0.05, 0) is 47.2 Å². The number of hydrogen-bond donors (Lipinski definition) is 2. The molecule has 0 radical (unpaired) electrons. The Morgan fingerprint density at radius 3 is 2.65 bits per heavy atom. The first-order chi connectivity index (χ1) is 14.7. The summed E-state index contributed by atoms with van der Waals surface area (Å²) in [5.74, 6) is 0.804. The highest BCUT2D eigenvalue weighted by Gasteiger charge is 2.13. The van der Waals surface area contributed by atoms with Crippen molar-refractivity contribution in [1.82, 2.24) is 20.4 Å². The molecule has 0 unspecified atom stereocenters. The Bertz CT molecular complexity index is 999. The van der Waals surface area contributed by atoms with Crippen LogP contribution in [0, 0.1) is 0 Å². The molecule has 0 bridgehead atoms. The predicted octanol–water partition coefficient (Wildman–Crippen LogP) is 3.80. The molecule has 2 N–H and O–H groups in total. The van der Waals surface area contributed by atoms with Crippen molar-refractivity contribution < 1.29 is 0 Å². The van der Waals surface area contributed by atoms with Gasteiger partial charge in [0.15, 0.2) is 5.96 Å². The molecule has 1 aliphatic heterocycles. The zero-order valence-electron chi connectivity index (χ0n) is 18.2. The minimum Gasteiger partial charge on any atom is -0.374 e. The number of aromatic nitrogens is 2. The van der Waals surface area contributed by atoms with Crippen molar-refractivity contribution in [2.24, 2.45) is 4.99 Å². The summed E-state index contributed by atoms with van der Waals surface area (Å²) in [6.07, 6.45) is 6.18. The summed E-state index contributed by atoms with van der Waals surface area (Å²) in [6.45, 7) is 3.38. The van der Waals surface area contributed by atoms with Gasteiger partial charge in [0, 0.05) is 51.8 Å². The van der Waals surface area contributed by atoms with Gasteiger partial charge in [0.2, 0.25) is 0 Å². The molecule has 1 aromatic heterocycles. The second-order valence-corrected chi connectivity index (χ2v) is 7.74. The second-order valence-electron chi connectivity index (χ2n) is 7.74. The quantitative estimate of drug-likeness (QED) is 0.289. The number of benzene rings is 2. The van der Waals surface area contributed by atoms with Gasteiger partial charge < -0.3 is 15.5 Å². The molecule has 7 heteroatoms. The van der Waals surface area contributed by atoms with Gasteiger partial charge in [-0.25, -0.2) is 0 Å². The average molecular weight is 530 g/mol. The van der Waals surface area contributed by atoms with E-state index < -0.39 is 0 Å². The molecule has 0 fully saturated rings. The van der Waals surface area contributed by atoms with Gasteiger partial charge in [-0.15, -0.1) is 24.0 Å². The van der Waals surface area contributed by atoms with Crippen molar-refractivity contribution in [2.45, 2.75) is 32.5 Å². The van der Waals surface area contributed by atoms with Crippen LogP contribution in [0.4, 0.5) is 5.69 Å². The first-order valence-electron chi connectivity index (χ1n) is 10.5. The van der Waals surface area contributed by atoms with Crippen LogP contribution in [0.25, 0.3) is 0 Å². The topological polar surface area (TPSA) is 57.5 Å². The van der Waals surface area contributed by atoms with Crippen molar-refractivity contribution in [1.29, 1.82) is 0 Å². The lowest BCUT2D eigenvalue weighted by Crippen LogP contribution is -2.36. The van der Waals surface area contributed by atoms with E-state index in [-0.39, 0.29) is 24.0 Å². The van der Waals surface area contributed by atoms with Crippen molar-refractivity contribution in [3.8, 4) is 0 Å². The molecule has 2 heterocycles. The zero-order valence-corrected chi connectivity index (χ0v) is 20.5. The average Bonchev–Trinajstić information content (AvgIpc) is 3.28. The predicted molar refractivity (Wildman–Crippen MR) is 138 cm³/mol. The van der Waals surface area contributed by atoms with Crippen LogP contribution in [0.1, 0.15) is 28.7 Å². The molecule has 6 nitrogen and oxygen atoms in total. The lowest BCUT2D eigenvalue weighted by molar-refractivity contribution is 0.677. The Labute approximate surface area is 201 Å². The summed E-state index contributed by atoms with van der Waals surface area (Å²) in [6, 6.07) is 17.2. The Balaban J connectivity index is 0.00000272. The highest BCUT2D eigenvalue weighted by Crippen LogP contribution is 2.26. The fraction of sp³-hybridized carbons (Fsp3) is 0.333. The van der Waals surface area contributed by atoms with E-state index in [1.807, 2.05) is 30.2 Å². The van der Waals surface area contributed by atoms with Crippen molar-refractivity contribution >= 4 is 35.6 Å². The van der Waals surface area contributed by atoms with Crippen molar-refractivity contribution in [3.05, 3.63) is 83.2 Å². The van der Waals surface area contributed by atoms with Crippen LogP contribution in [-0.2, 0) is 26.1 Å². The van der Waals surface area contributed by atoms with Crippen LogP contribution in [0.2, 0.25) is 0 Å². The van der Waals surface area contributed by atoms with Gasteiger partial charge in [-0.2, -0.15) is 5.10 Å². The molecule has 0 spiro atoms. The lowest BCUT2D eigenvalue weighted by Gasteiger charge is -2.28. The lowest BCUT2D eigenvalue weighted by atomic mass is 9.99. The van der Waals surface area contributed by atoms with E-state index in [0.717, 1.165) is 32.0 Å². The Morgan fingerprint density at radius 2 is 1.87 bits per heavy atom. The highest BCUT2D eigenvalue weighted by atomic mass is 127. The number of aryl methyl sites for hydroxylation is 1. The van der Waals surface area contributed by atoms with E-state index in [4.69, 9.17) is 0 Å². The number of aliphatic imine (C=N–C) groups is 1. The Hall–Kier alpha value is -2.55. The van der Waals surface area contributed by atoms with Gasteiger partial charge in [0.05, 0.1) is 6.54 Å². The fourth-order valence-corrected chi connectivity index (χ4v) is 3.99. The molecule has 31 heavy (non-hydrogen) atoms. The number of guanidine groups is 1. The van der Waals surface area contributed by atoms with Gasteiger partial charge in [0.1, 0.15) is 0 Å². The standard InChI is InChI=1S/C24H30N6.HI/c1-25-24(26-16-19-10-11-23-20(15-19)9-5-13-29(23)2)27-17-21-7-3-4-8-22(21)18-30-14-6-12-28-30;/h3-4,6-8,10-12,14-15H,5,9,13,16-18H2,1-2H3,(H2,25,26,27);1H. The third-order valence-corrected chi connectivity index (χ3v) is 5.63. The molecule has 0 aliphatic carbocycles. The van der Waals surface area contributed by atoms with E-state index in [0.29, 0.717) is 6.54 Å². The molecule has 3 aromatic rings. The number of nitrogens with one attached hydrogen (secondary N) is 2. The molecule has 0 atom stereocenters. The van der Waals surface area contributed by atoms with Gasteiger partial charge >= 0.3 is 0 Å². The number of fused-ring (bicyclic) bond motifs is 1. The SMILES string of the molecule is CN=C(NCc1ccc2c(c1)CCCN2C)NCc1ccccc1Cn1cccn1.I. The van der Waals surface area contributed by atoms with E-state index in [9.17, 15) is 0 Å². The zero-order chi connectivity index (χ0) is 20.8. The highest BCUT2D eigenvalue weighted by molar-refractivity contribution is 14.0. The van der Waals surface area contributed by atoms with Crippen molar-refractivity contribution in [2.75, 3.05) is 25.5 Å². The van der Waals surface area contributed by atoms with Crippen LogP contribution >= 0.6 is 24.0 Å². The molecular weight excluding hydrogens is 499 g/mol. The minimum absolute atomic E-state index is 0. The molecule has 1 aliphatic rings. The van der Waals surface area contributed by atoms with Crippen LogP contribution in [-0.4, -0.2) is 36.4 Å².